The van der Waals surface area contributed by atoms with Crippen LogP contribution in [0, 0.1) is 11.3 Å². The minimum atomic E-state index is -0.698. The quantitative estimate of drug-likeness (QED) is 0.806. The first-order valence-electron chi connectivity index (χ1n) is 9.21. The van der Waals surface area contributed by atoms with Gasteiger partial charge in [-0.1, -0.05) is 55.7 Å². The molecule has 0 radical (unpaired) electrons. The number of amides is 1. The number of hydrogen-bond donors (Lipinski definition) is 2. The van der Waals surface area contributed by atoms with E-state index in [0.29, 0.717) is 0 Å². The maximum Gasteiger partial charge on any atom is 0.238 e. The highest BCUT2D eigenvalue weighted by Gasteiger charge is 2.35. The Bertz CT molecular complexity index is 745. The molecule has 1 saturated carbocycles. The number of nitrogens with zero attached hydrogens (tertiary/aromatic N) is 1. The van der Waals surface area contributed by atoms with E-state index in [4.69, 9.17) is 0 Å². The lowest BCUT2D eigenvalue weighted by Gasteiger charge is -2.33. The molecule has 1 aromatic heterocycles. The number of carbonyl (C=O) groups excluding carboxylic acids is 1. The highest BCUT2D eigenvalue weighted by atomic mass is 32.1. The average Bonchev–Trinajstić information content (AvgIpc) is 3.21. The summed E-state index contributed by atoms with van der Waals surface area (Å²) in [6.07, 6.45) is 4.63. The second kappa shape index (κ2) is 8.48. The molecule has 1 aromatic carbocycles. The highest BCUT2D eigenvalue weighted by molar-refractivity contribution is 7.10. The van der Waals surface area contributed by atoms with E-state index in [-0.39, 0.29) is 11.9 Å². The molecule has 26 heavy (non-hydrogen) atoms. The molecule has 1 fully saturated rings. The van der Waals surface area contributed by atoms with Crippen molar-refractivity contribution in [2.45, 2.75) is 56.7 Å². The molecule has 0 saturated heterocycles. The van der Waals surface area contributed by atoms with Gasteiger partial charge in [-0.15, -0.1) is 11.3 Å². The Kier molecular flexibility index (Phi) is 6.08. The van der Waals surface area contributed by atoms with Crippen molar-refractivity contribution in [3.63, 3.8) is 0 Å². The van der Waals surface area contributed by atoms with Crippen molar-refractivity contribution in [2.24, 2.45) is 0 Å². The van der Waals surface area contributed by atoms with E-state index >= 15 is 0 Å². The summed E-state index contributed by atoms with van der Waals surface area (Å²) in [4.78, 5) is 14.0. The lowest BCUT2D eigenvalue weighted by atomic mass is 9.82. The Morgan fingerprint density at radius 2 is 1.88 bits per heavy atom. The van der Waals surface area contributed by atoms with Crippen LogP contribution in [0.5, 0.6) is 0 Å². The fourth-order valence-electron chi connectivity index (χ4n) is 3.53. The molecular formula is C21H25N3OS. The summed E-state index contributed by atoms with van der Waals surface area (Å²) in [5, 5.41) is 18.1. The second-order valence-corrected chi connectivity index (χ2v) is 7.97. The van der Waals surface area contributed by atoms with Gasteiger partial charge < -0.3 is 5.32 Å². The van der Waals surface area contributed by atoms with Crippen molar-refractivity contribution >= 4 is 17.2 Å². The van der Waals surface area contributed by atoms with Gasteiger partial charge in [0.15, 0.2) is 0 Å². The molecule has 2 N–H and O–H groups in total. The smallest absolute Gasteiger partial charge is 0.238 e. The zero-order valence-electron chi connectivity index (χ0n) is 15.1. The van der Waals surface area contributed by atoms with Crippen molar-refractivity contribution < 1.29 is 4.79 Å². The summed E-state index contributed by atoms with van der Waals surface area (Å²) in [5.74, 6) is -0.106. The zero-order valence-corrected chi connectivity index (χ0v) is 15.9. The number of thiophene rings is 1. The van der Waals surface area contributed by atoms with Crippen LogP contribution in [0.2, 0.25) is 0 Å². The van der Waals surface area contributed by atoms with Crippen LogP contribution in [-0.2, 0) is 4.79 Å². The van der Waals surface area contributed by atoms with Crippen molar-refractivity contribution in [2.75, 3.05) is 0 Å². The Labute approximate surface area is 159 Å². The van der Waals surface area contributed by atoms with E-state index in [1.165, 1.54) is 4.88 Å². The zero-order chi connectivity index (χ0) is 18.4. The maximum absolute atomic E-state index is 12.8. The number of rotatable bonds is 6. The van der Waals surface area contributed by atoms with Crippen LogP contribution >= 0.6 is 11.3 Å². The third kappa shape index (κ3) is 4.32. The van der Waals surface area contributed by atoms with Crippen molar-refractivity contribution in [3.8, 4) is 6.07 Å². The van der Waals surface area contributed by atoms with Crippen molar-refractivity contribution in [1.29, 1.82) is 5.26 Å². The molecular weight excluding hydrogens is 342 g/mol. The molecule has 0 spiro atoms. The SMILES string of the molecule is C[C@@H](N[C@@H](c1ccccc1)c1cccs1)C(=O)NC1(C#N)CCCCC1. The molecule has 4 nitrogen and oxygen atoms in total. The molecule has 1 aliphatic rings. The standard InChI is InChI=1S/C21H25N3OS/c1-16(20(25)24-21(15-22)12-6-3-7-13-21)23-19(18-11-8-14-26-18)17-9-4-2-5-10-17/h2,4-5,8-11,14,16,19,23H,3,6-7,12-13H2,1H3,(H,24,25)/t16-,19+/m1/s1. The molecule has 2 atom stereocenters. The molecule has 1 amide bonds. The molecule has 3 rings (SSSR count). The lowest BCUT2D eigenvalue weighted by Crippen LogP contribution is -2.54. The van der Waals surface area contributed by atoms with Crippen LogP contribution in [0.4, 0.5) is 0 Å². The number of carbonyl (C=O) groups is 1. The van der Waals surface area contributed by atoms with E-state index in [9.17, 15) is 10.1 Å². The second-order valence-electron chi connectivity index (χ2n) is 6.99. The van der Waals surface area contributed by atoms with Crippen LogP contribution in [-0.4, -0.2) is 17.5 Å². The summed E-state index contributed by atoms with van der Waals surface area (Å²) in [7, 11) is 0. The van der Waals surface area contributed by atoms with Gasteiger partial charge in [-0.3, -0.25) is 10.1 Å². The van der Waals surface area contributed by atoms with Gasteiger partial charge in [0.2, 0.25) is 5.91 Å². The van der Waals surface area contributed by atoms with Gasteiger partial charge in [-0.25, -0.2) is 0 Å². The van der Waals surface area contributed by atoms with Gasteiger partial charge >= 0.3 is 0 Å². The van der Waals surface area contributed by atoms with E-state index in [1.54, 1.807) is 11.3 Å². The summed E-state index contributed by atoms with van der Waals surface area (Å²) in [5.41, 5.74) is 0.429. The first-order chi connectivity index (χ1) is 12.6. The minimum Gasteiger partial charge on any atom is -0.336 e. The first-order valence-corrected chi connectivity index (χ1v) is 10.1. The van der Waals surface area contributed by atoms with Gasteiger partial charge in [0.05, 0.1) is 18.2 Å². The first kappa shape index (κ1) is 18.6. The normalized spacial score (nSPS) is 18.5. The monoisotopic (exact) mass is 367 g/mol. The fourth-order valence-corrected chi connectivity index (χ4v) is 4.35. The molecule has 0 unspecified atom stereocenters. The highest BCUT2D eigenvalue weighted by Crippen LogP contribution is 2.29. The van der Waals surface area contributed by atoms with Crippen LogP contribution in [0.1, 0.15) is 55.5 Å². The van der Waals surface area contributed by atoms with Gasteiger partial charge in [-0.05, 0) is 36.8 Å². The van der Waals surface area contributed by atoms with Gasteiger partial charge in [0, 0.05) is 4.88 Å². The third-order valence-electron chi connectivity index (χ3n) is 5.05. The largest absolute Gasteiger partial charge is 0.336 e. The number of benzene rings is 1. The van der Waals surface area contributed by atoms with Crippen LogP contribution < -0.4 is 10.6 Å². The predicted molar refractivity (Wildman–Crippen MR) is 105 cm³/mol. The minimum absolute atomic E-state index is 0.0404. The Hall–Kier alpha value is -2.16. The summed E-state index contributed by atoms with van der Waals surface area (Å²) < 4.78 is 0. The van der Waals surface area contributed by atoms with Crippen LogP contribution in [0.25, 0.3) is 0 Å². The molecule has 1 aliphatic carbocycles. The fraction of sp³-hybridized carbons (Fsp3) is 0.429. The number of hydrogen-bond acceptors (Lipinski definition) is 4. The molecule has 1 heterocycles. The number of nitriles is 1. The molecule has 0 aliphatic heterocycles. The molecule has 2 aromatic rings. The third-order valence-corrected chi connectivity index (χ3v) is 5.99. The van der Waals surface area contributed by atoms with Crippen LogP contribution in [0.15, 0.2) is 47.8 Å². The average molecular weight is 368 g/mol. The number of nitrogens with one attached hydrogen (secondary N) is 2. The molecule has 136 valence electrons. The topological polar surface area (TPSA) is 64.9 Å². The Balaban J connectivity index is 1.72. The predicted octanol–water partition coefficient (Wildman–Crippen LogP) is 4.16. The van der Waals surface area contributed by atoms with E-state index < -0.39 is 11.6 Å². The van der Waals surface area contributed by atoms with E-state index in [0.717, 1.165) is 37.7 Å². The van der Waals surface area contributed by atoms with E-state index in [1.807, 2.05) is 36.6 Å². The maximum atomic E-state index is 12.8. The summed E-state index contributed by atoms with van der Waals surface area (Å²) in [6, 6.07) is 16.2. The summed E-state index contributed by atoms with van der Waals surface area (Å²) >= 11 is 1.67. The Morgan fingerprint density at radius 3 is 2.50 bits per heavy atom. The van der Waals surface area contributed by atoms with Crippen molar-refractivity contribution in [1.82, 2.24) is 10.6 Å². The van der Waals surface area contributed by atoms with E-state index in [2.05, 4.69) is 34.9 Å². The van der Waals surface area contributed by atoms with Crippen LogP contribution in [0.3, 0.4) is 0 Å². The summed E-state index contributed by atoms with van der Waals surface area (Å²) in [6.45, 7) is 1.87. The van der Waals surface area contributed by atoms with Gasteiger partial charge in [-0.2, -0.15) is 5.26 Å². The Morgan fingerprint density at radius 1 is 1.15 bits per heavy atom. The molecule has 5 heteroatoms. The van der Waals surface area contributed by atoms with Gasteiger partial charge in [0.1, 0.15) is 5.54 Å². The lowest BCUT2D eigenvalue weighted by molar-refractivity contribution is -0.124. The van der Waals surface area contributed by atoms with Gasteiger partial charge in [0.25, 0.3) is 0 Å². The van der Waals surface area contributed by atoms with Crippen molar-refractivity contribution in [3.05, 3.63) is 58.3 Å². The molecule has 0 bridgehead atoms.